The minimum absolute atomic E-state index is 0.0472. The van der Waals surface area contributed by atoms with Gasteiger partial charge in [0.1, 0.15) is 5.75 Å². The van der Waals surface area contributed by atoms with E-state index in [4.69, 9.17) is 0 Å². The fraction of sp³-hybridized carbons (Fsp3) is 0.333. The summed E-state index contributed by atoms with van der Waals surface area (Å²) >= 11 is 0. The Bertz CT molecular complexity index is 656. The van der Waals surface area contributed by atoms with Gasteiger partial charge in [-0.2, -0.15) is 0 Å². The van der Waals surface area contributed by atoms with Gasteiger partial charge in [0.15, 0.2) is 9.84 Å². The van der Waals surface area contributed by atoms with Gasteiger partial charge in [-0.3, -0.25) is 0 Å². The molecule has 2 rings (SSSR count). The quantitative estimate of drug-likeness (QED) is 0.907. The molecule has 1 aromatic carbocycles. The summed E-state index contributed by atoms with van der Waals surface area (Å²) in [6.45, 7) is 1.65. The molecule has 1 heterocycles. The van der Waals surface area contributed by atoms with Gasteiger partial charge in [-0.05, 0) is 17.7 Å². The summed E-state index contributed by atoms with van der Waals surface area (Å²) in [6, 6.07) is 4.97. The lowest BCUT2D eigenvalue weighted by Gasteiger charge is -2.00. The third-order valence-corrected chi connectivity index (χ3v) is 4.50. The van der Waals surface area contributed by atoms with Gasteiger partial charge in [-0.15, -0.1) is 0 Å². The minimum Gasteiger partial charge on any atom is -0.508 e. The van der Waals surface area contributed by atoms with Crippen LogP contribution in [0.5, 0.6) is 5.75 Å². The Morgan fingerprint density at radius 2 is 2.06 bits per heavy atom. The average Bonchev–Trinajstić information content (AvgIpc) is 2.55. The van der Waals surface area contributed by atoms with Crippen LogP contribution < -0.4 is 0 Å². The zero-order valence-electron chi connectivity index (χ0n) is 9.84. The van der Waals surface area contributed by atoms with Crippen LogP contribution in [0.2, 0.25) is 0 Å². The van der Waals surface area contributed by atoms with Crippen LogP contribution >= 0.6 is 0 Å². The molecule has 0 amide bonds. The van der Waals surface area contributed by atoms with Crippen LogP contribution in [-0.4, -0.2) is 23.8 Å². The van der Waals surface area contributed by atoms with Crippen LogP contribution in [0.25, 0.3) is 10.9 Å². The van der Waals surface area contributed by atoms with Gasteiger partial charge < -0.3 is 9.67 Å². The highest BCUT2D eigenvalue weighted by atomic mass is 32.2. The van der Waals surface area contributed by atoms with Crippen LogP contribution in [0.4, 0.5) is 0 Å². The Balaban J connectivity index is 2.57. The number of phenols is 1. The molecule has 5 heteroatoms. The summed E-state index contributed by atoms with van der Waals surface area (Å²) in [7, 11) is -1.20. The third kappa shape index (κ3) is 2.29. The first-order valence-electron chi connectivity index (χ1n) is 5.40. The molecule has 0 spiro atoms. The molecule has 2 aromatic rings. The van der Waals surface area contributed by atoms with Gasteiger partial charge in [0.05, 0.1) is 11.3 Å². The minimum atomic E-state index is -3.04. The Morgan fingerprint density at radius 3 is 2.71 bits per heavy atom. The second-order valence-electron chi connectivity index (χ2n) is 4.14. The number of rotatable bonds is 3. The molecule has 92 valence electrons. The highest BCUT2D eigenvalue weighted by molar-refractivity contribution is 7.90. The molecule has 4 nitrogen and oxygen atoms in total. The summed E-state index contributed by atoms with van der Waals surface area (Å²) in [5, 5.41) is 10.3. The van der Waals surface area contributed by atoms with E-state index in [1.165, 1.54) is 0 Å². The van der Waals surface area contributed by atoms with Crippen LogP contribution in [-0.2, 0) is 22.6 Å². The maximum Gasteiger partial charge on any atom is 0.154 e. The molecule has 0 aliphatic carbocycles. The van der Waals surface area contributed by atoms with E-state index in [2.05, 4.69) is 0 Å². The fourth-order valence-corrected chi connectivity index (χ4v) is 2.82. The topological polar surface area (TPSA) is 59.3 Å². The number of hydrogen-bond donors (Lipinski definition) is 1. The predicted molar refractivity (Wildman–Crippen MR) is 67.7 cm³/mol. The predicted octanol–water partition coefficient (Wildman–Crippen LogP) is 1.82. The summed E-state index contributed by atoms with van der Waals surface area (Å²) in [4.78, 5) is 0. The largest absolute Gasteiger partial charge is 0.508 e. The molecule has 0 aliphatic rings. The molecule has 0 bridgehead atoms. The molecule has 17 heavy (non-hydrogen) atoms. The molecule has 0 unspecified atom stereocenters. The SMILES string of the molecule is CCS(=O)(=O)Cc1cn(C)c2cc(O)ccc12. The van der Waals surface area contributed by atoms with E-state index in [0.717, 1.165) is 16.5 Å². The molecule has 0 fully saturated rings. The number of sulfone groups is 1. The molecule has 1 N–H and O–H groups in total. The van der Waals surface area contributed by atoms with Crippen LogP contribution in [0.1, 0.15) is 12.5 Å². The van der Waals surface area contributed by atoms with Crippen molar-refractivity contribution in [2.75, 3.05) is 5.75 Å². The first kappa shape index (κ1) is 12.0. The van der Waals surface area contributed by atoms with Gasteiger partial charge >= 0.3 is 0 Å². The number of fused-ring (bicyclic) bond motifs is 1. The molecule has 0 radical (unpaired) electrons. The smallest absolute Gasteiger partial charge is 0.154 e. The van der Waals surface area contributed by atoms with Gasteiger partial charge in [-0.1, -0.05) is 6.92 Å². The van der Waals surface area contributed by atoms with Crippen molar-refractivity contribution in [3.05, 3.63) is 30.0 Å². The lowest BCUT2D eigenvalue weighted by molar-refractivity contribution is 0.476. The highest BCUT2D eigenvalue weighted by Crippen LogP contribution is 2.25. The molecule has 0 saturated carbocycles. The molecular formula is C12H15NO3S. The summed E-state index contributed by atoms with van der Waals surface area (Å²) < 4.78 is 25.1. The van der Waals surface area contributed by atoms with E-state index >= 15 is 0 Å². The number of aromatic hydroxyl groups is 1. The number of nitrogens with zero attached hydrogens (tertiary/aromatic N) is 1. The lowest BCUT2D eigenvalue weighted by Crippen LogP contribution is -2.06. The monoisotopic (exact) mass is 253 g/mol. The zero-order chi connectivity index (χ0) is 12.6. The molecule has 1 aromatic heterocycles. The molecule has 0 aliphatic heterocycles. The second kappa shape index (κ2) is 4.07. The second-order valence-corrected chi connectivity index (χ2v) is 6.50. The third-order valence-electron chi connectivity index (χ3n) is 2.87. The first-order chi connectivity index (χ1) is 7.93. The standard InChI is InChI=1S/C12H15NO3S/c1-3-17(15,16)8-9-7-13(2)12-6-10(14)4-5-11(9)12/h4-7,14H,3,8H2,1-2H3. The van der Waals surface area contributed by atoms with Gasteiger partial charge in [0.2, 0.25) is 0 Å². The van der Waals surface area contributed by atoms with E-state index in [1.807, 2.05) is 11.6 Å². The zero-order valence-corrected chi connectivity index (χ0v) is 10.7. The van der Waals surface area contributed by atoms with Crippen LogP contribution in [0.15, 0.2) is 24.4 Å². The average molecular weight is 253 g/mol. The van der Waals surface area contributed by atoms with E-state index < -0.39 is 9.84 Å². The van der Waals surface area contributed by atoms with E-state index in [9.17, 15) is 13.5 Å². The molecule has 0 saturated heterocycles. The lowest BCUT2D eigenvalue weighted by atomic mass is 10.2. The van der Waals surface area contributed by atoms with Crippen molar-refractivity contribution < 1.29 is 13.5 Å². The maximum atomic E-state index is 11.6. The van der Waals surface area contributed by atoms with Crippen molar-refractivity contribution >= 4 is 20.7 Å². The van der Waals surface area contributed by atoms with Gasteiger partial charge in [0.25, 0.3) is 0 Å². The number of aromatic nitrogens is 1. The Morgan fingerprint density at radius 1 is 1.35 bits per heavy atom. The molecule has 0 atom stereocenters. The van der Waals surface area contributed by atoms with Gasteiger partial charge in [-0.25, -0.2) is 8.42 Å². The maximum absolute atomic E-state index is 11.6. The van der Waals surface area contributed by atoms with E-state index in [1.54, 1.807) is 31.3 Å². The molecular weight excluding hydrogens is 238 g/mol. The number of benzene rings is 1. The van der Waals surface area contributed by atoms with Crippen LogP contribution in [0, 0.1) is 0 Å². The number of aryl methyl sites for hydroxylation is 1. The number of hydrogen-bond acceptors (Lipinski definition) is 3. The normalized spacial score (nSPS) is 12.1. The van der Waals surface area contributed by atoms with Gasteiger partial charge in [0, 0.05) is 30.4 Å². The van der Waals surface area contributed by atoms with Crippen molar-refractivity contribution in [3.63, 3.8) is 0 Å². The van der Waals surface area contributed by atoms with Crippen LogP contribution in [0.3, 0.4) is 0 Å². The highest BCUT2D eigenvalue weighted by Gasteiger charge is 2.14. The summed E-state index contributed by atoms with van der Waals surface area (Å²) in [6.07, 6.45) is 1.80. The Kier molecular flexibility index (Phi) is 2.87. The van der Waals surface area contributed by atoms with Crippen molar-refractivity contribution in [2.45, 2.75) is 12.7 Å². The van der Waals surface area contributed by atoms with Crippen molar-refractivity contribution in [1.29, 1.82) is 0 Å². The number of phenolic OH excluding ortho intramolecular Hbond substituents is 1. The fourth-order valence-electron chi connectivity index (χ4n) is 1.91. The Hall–Kier alpha value is -1.49. The summed E-state index contributed by atoms with van der Waals surface area (Å²) in [5.74, 6) is 0.371. The van der Waals surface area contributed by atoms with E-state index in [-0.39, 0.29) is 17.3 Å². The summed E-state index contributed by atoms with van der Waals surface area (Å²) in [5.41, 5.74) is 1.62. The van der Waals surface area contributed by atoms with Crippen molar-refractivity contribution in [2.24, 2.45) is 7.05 Å². The Labute approximate surface area is 100 Å². The van der Waals surface area contributed by atoms with Crippen molar-refractivity contribution in [3.8, 4) is 5.75 Å². The van der Waals surface area contributed by atoms with E-state index in [0.29, 0.717) is 0 Å². The first-order valence-corrected chi connectivity index (χ1v) is 7.22. The van der Waals surface area contributed by atoms with Crippen molar-refractivity contribution in [1.82, 2.24) is 4.57 Å².